The van der Waals surface area contributed by atoms with Crippen molar-refractivity contribution in [2.45, 2.75) is 51.0 Å². The van der Waals surface area contributed by atoms with Crippen LogP contribution in [0.4, 0.5) is 0 Å². The summed E-state index contributed by atoms with van der Waals surface area (Å²) < 4.78 is 0. The number of hydrogen-bond acceptors (Lipinski definition) is 3. The first-order chi connectivity index (χ1) is 8.22. The third-order valence-corrected chi connectivity index (χ3v) is 3.10. The maximum absolute atomic E-state index is 11.6. The molecule has 0 bridgehead atoms. The minimum absolute atomic E-state index is 0.0343. The van der Waals surface area contributed by atoms with Gasteiger partial charge in [0.25, 0.3) is 0 Å². The minimum Gasteiger partial charge on any atom is -0.352 e. The van der Waals surface area contributed by atoms with E-state index in [2.05, 4.69) is 10.6 Å². The monoisotopic (exact) mass is 241 g/mol. The van der Waals surface area contributed by atoms with Crippen LogP contribution in [0.5, 0.6) is 0 Å². The maximum atomic E-state index is 11.6. The van der Waals surface area contributed by atoms with Crippen LogP contribution in [0.1, 0.15) is 44.9 Å². The van der Waals surface area contributed by atoms with Crippen molar-refractivity contribution >= 4 is 11.8 Å². The van der Waals surface area contributed by atoms with Crippen LogP contribution >= 0.6 is 0 Å². The van der Waals surface area contributed by atoms with Gasteiger partial charge in [-0.2, -0.15) is 0 Å². The van der Waals surface area contributed by atoms with E-state index in [-0.39, 0.29) is 30.9 Å². The van der Waals surface area contributed by atoms with Gasteiger partial charge in [-0.1, -0.05) is 32.1 Å². The van der Waals surface area contributed by atoms with Gasteiger partial charge in [0.2, 0.25) is 11.8 Å². The van der Waals surface area contributed by atoms with Crippen LogP contribution in [0.15, 0.2) is 0 Å². The molecule has 0 aromatic rings. The van der Waals surface area contributed by atoms with Gasteiger partial charge in [-0.3, -0.25) is 9.59 Å². The summed E-state index contributed by atoms with van der Waals surface area (Å²) in [5.74, 6) is -0.407. The fourth-order valence-electron chi connectivity index (χ4n) is 2.13. The Morgan fingerprint density at radius 1 is 1.00 bits per heavy atom. The Kier molecular flexibility index (Phi) is 6.62. The number of carbonyl (C=O) groups excluding carboxylic acids is 2. The van der Waals surface area contributed by atoms with E-state index < -0.39 is 0 Å². The van der Waals surface area contributed by atoms with Gasteiger partial charge in [-0.05, 0) is 12.8 Å². The lowest BCUT2D eigenvalue weighted by Gasteiger charge is -2.21. The van der Waals surface area contributed by atoms with E-state index in [9.17, 15) is 9.59 Å². The van der Waals surface area contributed by atoms with Crippen molar-refractivity contribution in [1.82, 2.24) is 10.6 Å². The summed E-state index contributed by atoms with van der Waals surface area (Å²) in [5, 5.41) is 5.45. The zero-order valence-corrected chi connectivity index (χ0v) is 10.3. The highest BCUT2D eigenvalue weighted by Gasteiger charge is 2.13. The molecule has 0 radical (unpaired) electrons. The average molecular weight is 241 g/mol. The van der Waals surface area contributed by atoms with Crippen molar-refractivity contribution in [2.24, 2.45) is 5.73 Å². The van der Waals surface area contributed by atoms with Crippen molar-refractivity contribution in [1.29, 1.82) is 0 Å². The first kappa shape index (κ1) is 14.0. The average Bonchev–Trinajstić information content (AvgIpc) is 2.29. The summed E-state index contributed by atoms with van der Waals surface area (Å²) in [6, 6.07) is 0.276. The van der Waals surface area contributed by atoms with E-state index in [1.807, 2.05) is 0 Å². The molecule has 98 valence electrons. The Morgan fingerprint density at radius 2 is 1.59 bits per heavy atom. The third kappa shape index (κ3) is 6.26. The van der Waals surface area contributed by atoms with Gasteiger partial charge < -0.3 is 16.4 Å². The summed E-state index contributed by atoms with van der Waals surface area (Å²) in [4.78, 5) is 22.5. The molecular formula is C12H23N3O2. The molecule has 1 saturated carbocycles. The standard InChI is InChI=1S/C12H23N3O2/c13-8-11(16)14-9-12(17)15-10-6-4-2-1-3-5-7-10/h10H,1-9,13H2,(H,14,16)(H,15,17). The summed E-state index contributed by atoms with van der Waals surface area (Å²) in [6.07, 6.45) is 8.30. The second kappa shape index (κ2) is 8.06. The molecule has 17 heavy (non-hydrogen) atoms. The highest BCUT2D eigenvalue weighted by Crippen LogP contribution is 2.16. The highest BCUT2D eigenvalue weighted by atomic mass is 16.2. The lowest BCUT2D eigenvalue weighted by atomic mass is 9.97. The molecule has 0 atom stereocenters. The van der Waals surface area contributed by atoms with Gasteiger partial charge in [0.1, 0.15) is 0 Å². The number of amides is 2. The topological polar surface area (TPSA) is 84.2 Å². The first-order valence-corrected chi connectivity index (χ1v) is 6.48. The summed E-state index contributed by atoms with van der Waals surface area (Å²) in [5.41, 5.74) is 5.14. The van der Waals surface area contributed by atoms with Gasteiger partial charge in [0, 0.05) is 6.04 Å². The molecule has 0 heterocycles. The molecule has 5 heteroatoms. The fourth-order valence-corrected chi connectivity index (χ4v) is 2.13. The number of carbonyl (C=O) groups is 2. The normalized spacial score (nSPS) is 17.9. The van der Waals surface area contributed by atoms with Crippen molar-refractivity contribution in [3.63, 3.8) is 0 Å². The van der Waals surface area contributed by atoms with Crippen molar-refractivity contribution in [2.75, 3.05) is 13.1 Å². The van der Waals surface area contributed by atoms with Gasteiger partial charge in [0.15, 0.2) is 0 Å². The van der Waals surface area contributed by atoms with Gasteiger partial charge in [-0.25, -0.2) is 0 Å². The molecule has 0 saturated heterocycles. The summed E-state index contributed by atoms with van der Waals surface area (Å²) in [6.45, 7) is -0.0385. The molecule has 0 aliphatic heterocycles. The molecule has 0 spiro atoms. The van der Waals surface area contributed by atoms with Crippen molar-refractivity contribution in [3.8, 4) is 0 Å². The predicted molar refractivity (Wildman–Crippen MR) is 66.3 cm³/mol. The predicted octanol–water partition coefficient (Wildman–Crippen LogP) is 0.290. The molecule has 0 unspecified atom stereocenters. The zero-order valence-electron chi connectivity index (χ0n) is 10.3. The number of rotatable bonds is 4. The van der Waals surface area contributed by atoms with E-state index in [1.165, 1.54) is 32.1 Å². The van der Waals surface area contributed by atoms with Gasteiger partial charge in [0.05, 0.1) is 13.1 Å². The Labute approximate surface area is 103 Å². The van der Waals surface area contributed by atoms with E-state index in [0.717, 1.165) is 12.8 Å². The van der Waals surface area contributed by atoms with E-state index in [0.29, 0.717) is 0 Å². The SMILES string of the molecule is NCC(=O)NCC(=O)NC1CCCCCCC1. The molecule has 1 rings (SSSR count). The Balaban J connectivity index is 2.21. The highest BCUT2D eigenvalue weighted by molar-refractivity contribution is 5.85. The van der Waals surface area contributed by atoms with E-state index in [1.54, 1.807) is 0 Å². The van der Waals surface area contributed by atoms with Crippen LogP contribution in [-0.4, -0.2) is 30.9 Å². The van der Waals surface area contributed by atoms with E-state index >= 15 is 0 Å². The smallest absolute Gasteiger partial charge is 0.239 e. The van der Waals surface area contributed by atoms with Gasteiger partial charge in [-0.15, -0.1) is 0 Å². The summed E-state index contributed by atoms with van der Waals surface area (Å²) in [7, 11) is 0. The number of nitrogens with two attached hydrogens (primary N) is 1. The zero-order chi connectivity index (χ0) is 12.5. The number of hydrogen-bond donors (Lipinski definition) is 3. The molecule has 1 fully saturated rings. The second-order valence-corrected chi connectivity index (χ2v) is 4.59. The van der Waals surface area contributed by atoms with Crippen LogP contribution < -0.4 is 16.4 Å². The second-order valence-electron chi connectivity index (χ2n) is 4.59. The van der Waals surface area contributed by atoms with E-state index in [4.69, 9.17) is 5.73 Å². The minimum atomic E-state index is -0.294. The van der Waals surface area contributed by atoms with Crippen molar-refractivity contribution in [3.05, 3.63) is 0 Å². The fraction of sp³-hybridized carbons (Fsp3) is 0.833. The lowest BCUT2D eigenvalue weighted by molar-refractivity contribution is -0.125. The lowest BCUT2D eigenvalue weighted by Crippen LogP contribution is -2.43. The van der Waals surface area contributed by atoms with Crippen molar-refractivity contribution < 1.29 is 9.59 Å². The van der Waals surface area contributed by atoms with Gasteiger partial charge >= 0.3 is 0 Å². The molecule has 2 amide bonds. The molecule has 4 N–H and O–H groups in total. The molecule has 1 aliphatic rings. The van der Waals surface area contributed by atoms with Crippen LogP contribution in [0.3, 0.4) is 0 Å². The van der Waals surface area contributed by atoms with Crippen LogP contribution in [0.25, 0.3) is 0 Å². The van der Waals surface area contributed by atoms with Crippen LogP contribution in [0.2, 0.25) is 0 Å². The maximum Gasteiger partial charge on any atom is 0.239 e. The largest absolute Gasteiger partial charge is 0.352 e. The first-order valence-electron chi connectivity index (χ1n) is 6.48. The Hall–Kier alpha value is -1.10. The number of nitrogens with one attached hydrogen (secondary N) is 2. The summed E-state index contributed by atoms with van der Waals surface area (Å²) >= 11 is 0. The Bertz CT molecular complexity index is 248. The van der Waals surface area contributed by atoms with Crippen LogP contribution in [-0.2, 0) is 9.59 Å². The Morgan fingerprint density at radius 3 is 2.18 bits per heavy atom. The molecular weight excluding hydrogens is 218 g/mol. The quantitative estimate of drug-likeness (QED) is 0.661. The molecule has 5 nitrogen and oxygen atoms in total. The molecule has 0 aromatic carbocycles. The van der Waals surface area contributed by atoms with Crippen LogP contribution in [0, 0.1) is 0 Å². The molecule has 1 aliphatic carbocycles. The third-order valence-electron chi connectivity index (χ3n) is 3.10. The molecule has 0 aromatic heterocycles.